The van der Waals surface area contributed by atoms with Crippen molar-refractivity contribution in [3.63, 3.8) is 0 Å². The third kappa shape index (κ3) is 4.31. The summed E-state index contributed by atoms with van der Waals surface area (Å²) < 4.78 is 0. The summed E-state index contributed by atoms with van der Waals surface area (Å²) in [7, 11) is 0. The highest BCUT2D eigenvalue weighted by molar-refractivity contribution is 5.97. The molecule has 2 aromatic carbocycles. The molecule has 122 valence electrons. The molecule has 0 N–H and O–H groups in total. The van der Waals surface area contributed by atoms with Gasteiger partial charge in [0, 0.05) is 12.0 Å². The summed E-state index contributed by atoms with van der Waals surface area (Å²) in [5.74, 6) is 0.667. The van der Waals surface area contributed by atoms with Crippen molar-refractivity contribution in [2.45, 2.75) is 59.3 Å². The topological polar surface area (TPSA) is 17.1 Å². The van der Waals surface area contributed by atoms with Crippen LogP contribution in [-0.2, 0) is 11.8 Å². The number of hydrogen-bond acceptors (Lipinski definition) is 1. The molecule has 0 unspecified atom stereocenters. The van der Waals surface area contributed by atoms with Crippen molar-refractivity contribution in [1.29, 1.82) is 0 Å². The summed E-state index contributed by atoms with van der Waals surface area (Å²) in [5.41, 5.74) is 5.90. The van der Waals surface area contributed by atoms with Crippen LogP contribution in [0.3, 0.4) is 0 Å². The summed E-state index contributed by atoms with van der Waals surface area (Å²) >= 11 is 0. The molecular formula is C22H28O. The maximum atomic E-state index is 12.5. The maximum absolute atomic E-state index is 12.5. The van der Waals surface area contributed by atoms with Gasteiger partial charge >= 0.3 is 0 Å². The summed E-state index contributed by atoms with van der Waals surface area (Å²) in [4.78, 5) is 12.5. The second-order valence-corrected chi connectivity index (χ2v) is 7.77. The van der Waals surface area contributed by atoms with E-state index in [0.717, 1.165) is 11.1 Å². The van der Waals surface area contributed by atoms with Crippen molar-refractivity contribution in [2.24, 2.45) is 0 Å². The van der Waals surface area contributed by atoms with E-state index in [0.29, 0.717) is 12.3 Å². The lowest BCUT2D eigenvalue weighted by Crippen LogP contribution is -2.11. The van der Waals surface area contributed by atoms with E-state index in [4.69, 9.17) is 0 Å². The quantitative estimate of drug-likeness (QED) is 0.648. The van der Waals surface area contributed by atoms with Gasteiger partial charge in [-0.3, -0.25) is 4.79 Å². The molecular weight excluding hydrogens is 280 g/mol. The van der Waals surface area contributed by atoms with E-state index >= 15 is 0 Å². The molecule has 0 amide bonds. The molecule has 0 heterocycles. The minimum Gasteiger partial charge on any atom is -0.294 e. The average molecular weight is 308 g/mol. The van der Waals surface area contributed by atoms with E-state index in [1.807, 2.05) is 12.1 Å². The lowest BCUT2D eigenvalue weighted by atomic mass is 9.86. The summed E-state index contributed by atoms with van der Waals surface area (Å²) in [5, 5.41) is 0. The normalized spacial score (nSPS) is 11.8. The average Bonchev–Trinajstić information content (AvgIpc) is 2.48. The first-order valence-corrected chi connectivity index (χ1v) is 8.41. The van der Waals surface area contributed by atoms with Gasteiger partial charge in [0.25, 0.3) is 0 Å². The smallest absolute Gasteiger partial charge is 0.167 e. The Morgan fingerprint density at radius 1 is 1.00 bits per heavy atom. The Morgan fingerprint density at radius 3 is 2.13 bits per heavy atom. The lowest BCUT2D eigenvalue weighted by Gasteiger charge is -2.19. The van der Waals surface area contributed by atoms with Gasteiger partial charge in [0.2, 0.25) is 0 Å². The Morgan fingerprint density at radius 2 is 1.61 bits per heavy atom. The molecule has 2 rings (SSSR count). The molecule has 0 fully saturated rings. The first-order valence-electron chi connectivity index (χ1n) is 8.41. The van der Waals surface area contributed by atoms with Crippen molar-refractivity contribution in [1.82, 2.24) is 0 Å². The molecule has 0 saturated heterocycles. The molecule has 0 spiro atoms. The van der Waals surface area contributed by atoms with E-state index in [1.165, 1.54) is 16.7 Å². The second kappa shape index (κ2) is 6.70. The SMILES string of the molecule is Cc1ccc(CC(=O)c2ccc(C(C)(C)C)cc2)cc1C(C)C. The first kappa shape index (κ1) is 17.5. The highest BCUT2D eigenvalue weighted by Gasteiger charge is 2.15. The molecule has 1 nitrogen and oxygen atoms in total. The first-order chi connectivity index (χ1) is 10.7. The van der Waals surface area contributed by atoms with Crippen LogP contribution < -0.4 is 0 Å². The van der Waals surface area contributed by atoms with Gasteiger partial charge in [0.05, 0.1) is 0 Å². The number of carbonyl (C=O) groups is 1. The van der Waals surface area contributed by atoms with Gasteiger partial charge < -0.3 is 0 Å². The van der Waals surface area contributed by atoms with Crippen molar-refractivity contribution in [2.75, 3.05) is 0 Å². The molecule has 23 heavy (non-hydrogen) atoms. The number of Topliss-reactive ketones (excluding diaryl/α,β-unsaturated/α-hetero) is 1. The van der Waals surface area contributed by atoms with E-state index in [9.17, 15) is 4.79 Å². The van der Waals surface area contributed by atoms with Crippen LogP contribution >= 0.6 is 0 Å². The zero-order valence-electron chi connectivity index (χ0n) is 15.2. The predicted molar refractivity (Wildman–Crippen MR) is 98.4 cm³/mol. The predicted octanol–water partition coefficient (Wildman–Crippen LogP) is 5.84. The lowest BCUT2D eigenvalue weighted by molar-refractivity contribution is 0.0993. The van der Waals surface area contributed by atoms with Crippen LogP contribution in [0.2, 0.25) is 0 Å². The van der Waals surface area contributed by atoms with E-state index in [2.05, 4.69) is 71.9 Å². The van der Waals surface area contributed by atoms with Gasteiger partial charge in [-0.05, 0) is 40.5 Å². The van der Waals surface area contributed by atoms with E-state index < -0.39 is 0 Å². The number of hydrogen-bond donors (Lipinski definition) is 0. The fourth-order valence-corrected chi connectivity index (χ4v) is 2.87. The Balaban J connectivity index is 2.18. The summed E-state index contributed by atoms with van der Waals surface area (Å²) in [6.45, 7) is 13.1. The van der Waals surface area contributed by atoms with Crippen LogP contribution in [0.25, 0.3) is 0 Å². The van der Waals surface area contributed by atoms with E-state index in [1.54, 1.807) is 0 Å². The fourth-order valence-electron chi connectivity index (χ4n) is 2.87. The number of benzene rings is 2. The Hall–Kier alpha value is -1.89. The van der Waals surface area contributed by atoms with Crippen LogP contribution in [0, 0.1) is 6.92 Å². The monoisotopic (exact) mass is 308 g/mol. The zero-order chi connectivity index (χ0) is 17.2. The molecule has 2 aromatic rings. The van der Waals surface area contributed by atoms with Gasteiger partial charge in [-0.1, -0.05) is 77.1 Å². The number of ketones is 1. The molecule has 1 heteroatoms. The summed E-state index contributed by atoms with van der Waals surface area (Å²) in [6.07, 6.45) is 0.467. The highest BCUT2D eigenvalue weighted by Crippen LogP contribution is 2.24. The maximum Gasteiger partial charge on any atom is 0.167 e. The molecule has 0 bridgehead atoms. The highest BCUT2D eigenvalue weighted by atomic mass is 16.1. The minimum absolute atomic E-state index is 0.116. The number of aryl methyl sites for hydroxylation is 1. The molecule has 0 saturated carbocycles. The molecule has 0 aliphatic heterocycles. The van der Waals surface area contributed by atoms with Gasteiger partial charge in [-0.15, -0.1) is 0 Å². The van der Waals surface area contributed by atoms with Crippen molar-refractivity contribution >= 4 is 5.78 Å². The van der Waals surface area contributed by atoms with Gasteiger partial charge in [-0.25, -0.2) is 0 Å². The minimum atomic E-state index is 0.116. The van der Waals surface area contributed by atoms with Gasteiger partial charge in [0.15, 0.2) is 5.78 Å². The Bertz CT molecular complexity index is 685. The standard InChI is InChI=1S/C22H28O/c1-15(2)20-13-17(8-7-16(20)3)14-21(23)18-9-11-19(12-10-18)22(4,5)6/h7-13,15H,14H2,1-6H3. The van der Waals surface area contributed by atoms with Gasteiger partial charge in [-0.2, -0.15) is 0 Å². The van der Waals surface area contributed by atoms with Crippen LogP contribution in [0.4, 0.5) is 0 Å². The third-order valence-electron chi connectivity index (χ3n) is 4.40. The Labute approximate surface area is 140 Å². The van der Waals surface area contributed by atoms with Crippen molar-refractivity contribution < 1.29 is 4.79 Å². The van der Waals surface area contributed by atoms with Crippen LogP contribution in [-0.4, -0.2) is 5.78 Å². The number of carbonyl (C=O) groups excluding carboxylic acids is 1. The fraction of sp³-hybridized carbons (Fsp3) is 0.409. The molecule has 0 aliphatic rings. The summed E-state index contributed by atoms with van der Waals surface area (Å²) in [6, 6.07) is 14.4. The molecule has 0 atom stereocenters. The van der Waals surface area contributed by atoms with E-state index in [-0.39, 0.29) is 11.2 Å². The van der Waals surface area contributed by atoms with Crippen LogP contribution in [0.1, 0.15) is 73.1 Å². The van der Waals surface area contributed by atoms with Crippen LogP contribution in [0.5, 0.6) is 0 Å². The molecule has 0 aromatic heterocycles. The second-order valence-electron chi connectivity index (χ2n) is 7.77. The Kier molecular flexibility index (Phi) is 5.09. The largest absolute Gasteiger partial charge is 0.294 e. The zero-order valence-corrected chi connectivity index (χ0v) is 15.2. The molecule has 0 aliphatic carbocycles. The van der Waals surface area contributed by atoms with Crippen molar-refractivity contribution in [3.8, 4) is 0 Å². The van der Waals surface area contributed by atoms with Crippen LogP contribution in [0.15, 0.2) is 42.5 Å². The van der Waals surface area contributed by atoms with Crippen molar-refractivity contribution in [3.05, 3.63) is 70.3 Å². The number of rotatable bonds is 4. The molecule has 0 radical (unpaired) electrons. The third-order valence-corrected chi connectivity index (χ3v) is 4.40. The van der Waals surface area contributed by atoms with Gasteiger partial charge in [0.1, 0.15) is 0 Å².